The maximum absolute atomic E-state index is 12.0. The molecular weight excluding hydrogens is 380 g/mol. The van der Waals surface area contributed by atoms with Gasteiger partial charge in [0.2, 0.25) is 5.91 Å². The lowest BCUT2D eigenvalue weighted by Gasteiger charge is -2.08. The van der Waals surface area contributed by atoms with Crippen LogP contribution in [0.25, 0.3) is 0 Å². The molecule has 0 bridgehead atoms. The van der Waals surface area contributed by atoms with Gasteiger partial charge < -0.3 is 10.6 Å². The first-order chi connectivity index (χ1) is 11.1. The molecule has 120 valence electrons. The Morgan fingerprint density at radius 3 is 2.39 bits per heavy atom. The van der Waals surface area contributed by atoms with Crippen molar-refractivity contribution in [2.75, 3.05) is 13.1 Å². The fraction of sp³-hybridized carbons (Fsp3) is 0.176. The predicted octanol–water partition coefficient (Wildman–Crippen LogP) is 3.19. The first kappa shape index (κ1) is 17.5. The van der Waals surface area contributed by atoms with Gasteiger partial charge >= 0.3 is 0 Å². The molecule has 0 fully saturated rings. The molecule has 2 aromatic rings. The Labute approximate surface area is 148 Å². The zero-order valence-corrected chi connectivity index (χ0v) is 14.7. The number of hydrogen-bond donors (Lipinski definition) is 2. The van der Waals surface area contributed by atoms with Gasteiger partial charge in [0, 0.05) is 16.0 Å². The van der Waals surface area contributed by atoms with Crippen LogP contribution in [0.1, 0.15) is 15.9 Å². The number of carbonyl (C=O) groups excluding carboxylic acids is 2. The molecule has 0 aromatic heterocycles. The second-order valence-electron chi connectivity index (χ2n) is 4.89. The van der Waals surface area contributed by atoms with Crippen LogP contribution in [0.2, 0.25) is 5.02 Å². The second-order valence-corrected chi connectivity index (χ2v) is 6.18. The number of rotatable bonds is 6. The summed E-state index contributed by atoms with van der Waals surface area (Å²) in [7, 11) is 0. The molecule has 2 amide bonds. The molecule has 0 radical (unpaired) electrons. The van der Waals surface area contributed by atoms with E-state index in [4.69, 9.17) is 11.6 Å². The highest BCUT2D eigenvalue weighted by atomic mass is 79.9. The van der Waals surface area contributed by atoms with Gasteiger partial charge in [-0.15, -0.1) is 0 Å². The van der Waals surface area contributed by atoms with Gasteiger partial charge in [-0.25, -0.2) is 0 Å². The van der Waals surface area contributed by atoms with E-state index in [-0.39, 0.29) is 18.4 Å². The van der Waals surface area contributed by atoms with E-state index in [1.54, 1.807) is 18.2 Å². The Morgan fingerprint density at radius 1 is 1.00 bits per heavy atom. The van der Waals surface area contributed by atoms with Crippen LogP contribution < -0.4 is 10.6 Å². The third kappa shape index (κ3) is 5.69. The SMILES string of the molecule is O=C(CNC(=O)c1ccccc1Br)NCCc1ccc(Cl)cc1. The monoisotopic (exact) mass is 394 g/mol. The number of halogens is 2. The van der Waals surface area contributed by atoms with E-state index in [1.807, 2.05) is 30.3 Å². The summed E-state index contributed by atoms with van der Waals surface area (Å²) < 4.78 is 0.695. The summed E-state index contributed by atoms with van der Waals surface area (Å²) in [6, 6.07) is 14.5. The summed E-state index contributed by atoms with van der Waals surface area (Å²) in [5, 5.41) is 6.05. The molecule has 0 heterocycles. The summed E-state index contributed by atoms with van der Waals surface area (Å²) in [5.74, 6) is -0.510. The second kappa shape index (κ2) is 8.70. The third-order valence-corrected chi connectivity index (χ3v) is 4.12. The Balaban J connectivity index is 1.72. The molecule has 2 aromatic carbocycles. The number of amides is 2. The maximum atomic E-state index is 12.0. The predicted molar refractivity (Wildman–Crippen MR) is 94.6 cm³/mol. The van der Waals surface area contributed by atoms with Gasteiger partial charge in [0.1, 0.15) is 0 Å². The fourth-order valence-corrected chi connectivity index (χ4v) is 2.55. The Kier molecular flexibility index (Phi) is 6.62. The topological polar surface area (TPSA) is 58.2 Å². The van der Waals surface area contributed by atoms with E-state index in [9.17, 15) is 9.59 Å². The molecular formula is C17H16BrClN2O2. The Hall–Kier alpha value is -1.85. The van der Waals surface area contributed by atoms with Crippen LogP contribution in [-0.4, -0.2) is 24.9 Å². The lowest BCUT2D eigenvalue weighted by atomic mass is 10.1. The zero-order valence-electron chi connectivity index (χ0n) is 12.3. The van der Waals surface area contributed by atoms with Gasteiger partial charge in [-0.3, -0.25) is 9.59 Å². The molecule has 0 aliphatic rings. The highest BCUT2D eigenvalue weighted by Crippen LogP contribution is 2.15. The Morgan fingerprint density at radius 2 is 1.70 bits per heavy atom. The normalized spacial score (nSPS) is 10.2. The average Bonchev–Trinajstić information content (AvgIpc) is 2.55. The lowest BCUT2D eigenvalue weighted by molar-refractivity contribution is -0.120. The first-order valence-corrected chi connectivity index (χ1v) is 8.27. The minimum Gasteiger partial charge on any atom is -0.354 e. The van der Waals surface area contributed by atoms with Gasteiger partial charge in [-0.1, -0.05) is 35.9 Å². The van der Waals surface area contributed by atoms with E-state index in [0.29, 0.717) is 28.0 Å². The van der Waals surface area contributed by atoms with Crippen molar-refractivity contribution < 1.29 is 9.59 Å². The Bertz CT molecular complexity index is 689. The summed E-state index contributed by atoms with van der Waals surface area (Å²) in [6.45, 7) is 0.451. The van der Waals surface area contributed by atoms with Gasteiger partial charge in [-0.2, -0.15) is 0 Å². The van der Waals surface area contributed by atoms with Crippen molar-refractivity contribution in [1.82, 2.24) is 10.6 Å². The van der Waals surface area contributed by atoms with Gasteiger partial charge in [0.15, 0.2) is 0 Å². The molecule has 6 heteroatoms. The molecule has 0 aliphatic heterocycles. The maximum Gasteiger partial charge on any atom is 0.252 e. The van der Waals surface area contributed by atoms with Crippen molar-refractivity contribution in [3.05, 3.63) is 69.2 Å². The van der Waals surface area contributed by atoms with E-state index < -0.39 is 0 Å². The van der Waals surface area contributed by atoms with Crippen LogP contribution in [0.15, 0.2) is 53.0 Å². The van der Waals surface area contributed by atoms with Crippen LogP contribution in [0.5, 0.6) is 0 Å². The number of benzene rings is 2. The average molecular weight is 396 g/mol. The van der Waals surface area contributed by atoms with E-state index in [0.717, 1.165) is 5.56 Å². The minimum absolute atomic E-state index is 0.0548. The summed E-state index contributed by atoms with van der Waals surface area (Å²) in [5.41, 5.74) is 1.59. The molecule has 23 heavy (non-hydrogen) atoms. The molecule has 0 atom stereocenters. The van der Waals surface area contributed by atoms with E-state index in [1.165, 1.54) is 0 Å². The highest BCUT2D eigenvalue weighted by molar-refractivity contribution is 9.10. The van der Waals surface area contributed by atoms with E-state index in [2.05, 4.69) is 26.6 Å². The number of nitrogens with one attached hydrogen (secondary N) is 2. The molecule has 0 spiro atoms. The van der Waals surface area contributed by atoms with Gasteiger partial charge in [-0.05, 0) is 52.2 Å². The lowest BCUT2D eigenvalue weighted by Crippen LogP contribution is -2.37. The van der Waals surface area contributed by atoms with Crippen LogP contribution >= 0.6 is 27.5 Å². The quantitative estimate of drug-likeness (QED) is 0.789. The van der Waals surface area contributed by atoms with Crippen molar-refractivity contribution >= 4 is 39.3 Å². The first-order valence-electron chi connectivity index (χ1n) is 7.10. The fourth-order valence-electron chi connectivity index (χ4n) is 1.96. The zero-order chi connectivity index (χ0) is 16.7. The van der Waals surface area contributed by atoms with Crippen LogP contribution in [-0.2, 0) is 11.2 Å². The molecule has 0 saturated heterocycles. The molecule has 2 N–H and O–H groups in total. The van der Waals surface area contributed by atoms with Gasteiger partial charge in [0.05, 0.1) is 12.1 Å². The molecule has 0 unspecified atom stereocenters. The number of hydrogen-bond acceptors (Lipinski definition) is 2. The number of carbonyl (C=O) groups is 2. The van der Waals surface area contributed by atoms with E-state index >= 15 is 0 Å². The summed E-state index contributed by atoms with van der Waals surface area (Å²) in [4.78, 5) is 23.7. The van der Waals surface area contributed by atoms with Gasteiger partial charge in [0.25, 0.3) is 5.91 Å². The molecule has 2 rings (SSSR count). The van der Waals surface area contributed by atoms with Crippen molar-refractivity contribution in [2.45, 2.75) is 6.42 Å². The van der Waals surface area contributed by atoms with Crippen LogP contribution in [0.4, 0.5) is 0 Å². The molecule has 0 aliphatic carbocycles. The molecule has 4 nitrogen and oxygen atoms in total. The van der Waals surface area contributed by atoms with Crippen molar-refractivity contribution in [3.63, 3.8) is 0 Å². The minimum atomic E-state index is -0.287. The summed E-state index contributed by atoms with van der Waals surface area (Å²) in [6.07, 6.45) is 0.709. The van der Waals surface area contributed by atoms with Crippen molar-refractivity contribution in [1.29, 1.82) is 0 Å². The smallest absolute Gasteiger partial charge is 0.252 e. The van der Waals surface area contributed by atoms with Crippen LogP contribution in [0, 0.1) is 0 Å². The largest absolute Gasteiger partial charge is 0.354 e. The van der Waals surface area contributed by atoms with Crippen LogP contribution in [0.3, 0.4) is 0 Å². The van der Waals surface area contributed by atoms with Crippen molar-refractivity contribution in [3.8, 4) is 0 Å². The standard InChI is InChI=1S/C17H16BrClN2O2/c18-15-4-2-1-3-14(15)17(23)21-11-16(22)20-10-9-12-5-7-13(19)8-6-12/h1-8H,9-11H2,(H,20,22)(H,21,23). The summed E-state index contributed by atoms with van der Waals surface area (Å²) >= 11 is 9.12. The third-order valence-electron chi connectivity index (χ3n) is 3.18. The highest BCUT2D eigenvalue weighted by Gasteiger charge is 2.10. The van der Waals surface area contributed by atoms with Crippen molar-refractivity contribution in [2.24, 2.45) is 0 Å². The molecule has 0 saturated carbocycles.